The van der Waals surface area contributed by atoms with Crippen molar-refractivity contribution >= 4 is 18.1 Å². The van der Waals surface area contributed by atoms with Gasteiger partial charge in [0.25, 0.3) is 0 Å². The maximum absolute atomic E-state index is 12.9. The van der Waals surface area contributed by atoms with E-state index in [9.17, 15) is 4.79 Å². The zero-order valence-corrected chi connectivity index (χ0v) is 14.2. The molecule has 3 atom stereocenters. The zero-order chi connectivity index (χ0) is 15.6. The van der Waals surface area contributed by atoms with Crippen molar-refractivity contribution in [3.63, 3.8) is 0 Å². The van der Waals surface area contributed by atoms with Crippen molar-refractivity contribution in [3.8, 4) is 0 Å². The normalized spacial score (nSPS) is 36.1. The van der Waals surface area contributed by atoms with E-state index >= 15 is 0 Å². The van der Waals surface area contributed by atoms with Crippen LogP contribution in [0.5, 0.6) is 0 Å². The lowest BCUT2D eigenvalue weighted by atomic mass is 9.96. The summed E-state index contributed by atoms with van der Waals surface area (Å²) < 4.78 is 2.97. The highest BCUT2D eigenvalue weighted by atomic mass is 32.1. The van der Waals surface area contributed by atoms with Gasteiger partial charge in [0.05, 0.1) is 0 Å². The Bertz CT molecular complexity index is 681. The molecule has 0 aromatic carbocycles. The van der Waals surface area contributed by atoms with Gasteiger partial charge >= 0.3 is 0 Å². The number of aromatic amines is 1. The number of aromatic nitrogens is 3. The Kier molecular flexibility index (Phi) is 3.19. The average molecular weight is 332 g/mol. The van der Waals surface area contributed by atoms with Gasteiger partial charge in [-0.05, 0) is 62.6 Å². The Balaban J connectivity index is 1.33. The number of hydrogen-bond donors (Lipinski definition) is 1. The van der Waals surface area contributed by atoms with E-state index in [1.807, 2.05) is 0 Å². The Morgan fingerprint density at radius 2 is 1.91 bits per heavy atom. The van der Waals surface area contributed by atoms with Gasteiger partial charge in [-0.2, -0.15) is 5.10 Å². The molecule has 1 aromatic rings. The fourth-order valence-electron chi connectivity index (χ4n) is 5.08. The number of nitrogens with one attached hydrogen (secondary N) is 1. The number of likely N-dealkylation sites (tertiary alicyclic amines) is 1. The lowest BCUT2D eigenvalue weighted by Crippen LogP contribution is -2.41. The molecule has 5 rings (SSSR count). The summed E-state index contributed by atoms with van der Waals surface area (Å²) in [6.45, 7) is 1.76. The summed E-state index contributed by atoms with van der Waals surface area (Å²) in [6, 6.07) is 0.546. The van der Waals surface area contributed by atoms with Crippen molar-refractivity contribution in [2.24, 2.45) is 17.8 Å². The number of H-pyrrole nitrogens is 1. The Hall–Kier alpha value is -1.17. The second-order valence-electron chi connectivity index (χ2n) is 7.90. The fourth-order valence-corrected chi connectivity index (χ4v) is 5.37. The van der Waals surface area contributed by atoms with Gasteiger partial charge in [-0.3, -0.25) is 9.89 Å². The lowest BCUT2D eigenvalue weighted by Gasteiger charge is -2.33. The molecular weight excluding hydrogens is 308 g/mol. The van der Waals surface area contributed by atoms with Crippen LogP contribution in [0.2, 0.25) is 0 Å². The van der Waals surface area contributed by atoms with Crippen molar-refractivity contribution in [2.75, 3.05) is 13.1 Å². The van der Waals surface area contributed by atoms with Gasteiger partial charge in [-0.1, -0.05) is 6.42 Å². The highest BCUT2D eigenvalue weighted by Gasteiger charge is 2.57. The zero-order valence-electron chi connectivity index (χ0n) is 13.4. The molecule has 124 valence electrons. The van der Waals surface area contributed by atoms with Gasteiger partial charge < -0.3 is 9.47 Å². The van der Waals surface area contributed by atoms with E-state index in [0.717, 1.165) is 36.5 Å². The van der Waals surface area contributed by atoms with E-state index in [0.29, 0.717) is 35.6 Å². The SMILES string of the molecule is O=C(C1C2CCCC21)N1CCCC(c2n[nH]c(=S)n2C2CC2)C1. The van der Waals surface area contributed by atoms with E-state index in [1.54, 1.807) is 0 Å². The standard InChI is InChI=1S/C17H24N4OS/c22-16(14-12-4-1-5-13(12)14)20-8-2-3-10(9-20)15-18-19-17(23)21(15)11-6-7-11/h10-14H,1-9H2,(H,19,23). The third-order valence-corrected chi connectivity index (χ3v) is 6.72. The van der Waals surface area contributed by atoms with Crippen molar-refractivity contribution in [3.05, 3.63) is 10.6 Å². The minimum atomic E-state index is 0.347. The van der Waals surface area contributed by atoms with Gasteiger partial charge in [0, 0.05) is 31.0 Å². The molecule has 1 saturated heterocycles. The van der Waals surface area contributed by atoms with Crippen LogP contribution in [0.4, 0.5) is 0 Å². The van der Waals surface area contributed by atoms with Gasteiger partial charge in [0.1, 0.15) is 5.82 Å². The highest BCUT2D eigenvalue weighted by molar-refractivity contribution is 7.71. The molecule has 0 bridgehead atoms. The molecule has 4 aliphatic rings. The quantitative estimate of drug-likeness (QED) is 0.866. The number of carbonyl (C=O) groups is 1. The van der Waals surface area contributed by atoms with Crippen LogP contribution in [0.3, 0.4) is 0 Å². The van der Waals surface area contributed by atoms with Gasteiger partial charge in [-0.15, -0.1) is 0 Å². The predicted octanol–water partition coefficient (Wildman–Crippen LogP) is 3.03. The van der Waals surface area contributed by atoms with E-state index < -0.39 is 0 Å². The predicted molar refractivity (Wildman–Crippen MR) is 88.6 cm³/mol. The van der Waals surface area contributed by atoms with Gasteiger partial charge in [-0.25, -0.2) is 0 Å². The largest absolute Gasteiger partial charge is 0.342 e. The van der Waals surface area contributed by atoms with Crippen molar-refractivity contribution in [2.45, 2.75) is 56.9 Å². The summed E-state index contributed by atoms with van der Waals surface area (Å²) in [5.74, 6) is 3.64. The fraction of sp³-hybridized carbons (Fsp3) is 0.824. The molecule has 0 spiro atoms. The van der Waals surface area contributed by atoms with Crippen molar-refractivity contribution in [1.82, 2.24) is 19.7 Å². The van der Waals surface area contributed by atoms with E-state index in [-0.39, 0.29) is 0 Å². The maximum Gasteiger partial charge on any atom is 0.226 e. The van der Waals surface area contributed by atoms with Crippen molar-refractivity contribution < 1.29 is 4.79 Å². The van der Waals surface area contributed by atoms with Gasteiger partial charge in [0.2, 0.25) is 5.91 Å². The molecule has 3 saturated carbocycles. The summed E-state index contributed by atoms with van der Waals surface area (Å²) in [4.78, 5) is 15.0. The molecule has 4 fully saturated rings. The maximum atomic E-state index is 12.9. The second kappa shape index (κ2) is 5.16. The summed E-state index contributed by atoms with van der Waals surface area (Å²) in [5.41, 5.74) is 0. The van der Waals surface area contributed by atoms with Crippen LogP contribution in [0.15, 0.2) is 0 Å². The summed E-state index contributed by atoms with van der Waals surface area (Å²) >= 11 is 5.41. The van der Waals surface area contributed by atoms with Crippen molar-refractivity contribution in [1.29, 1.82) is 0 Å². The number of hydrogen-bond acceptors (Lipinski definition) is 3. The minimum absolute atomic E-state index is 0.347. The first-order valence-corrected chi connectivity index (χ1v) is 9.60. The monoisotopic (exact) mass is 332 g/mol. The van der Waals surface area contributed by atoms with E-state index in [1.165, 1.54) is 32.1 Å². The van der Waals surface area contributed by atoms with Crippen LogP contribution in [-0.2, 0) is 4.79 Å². The third kappa shape index (κ3) is 2.29. The van der Waals surface area contributed by atoms with Crippen LogP contribution in [0.25, 0.3) is 0 Å². The summed E-state index contributed by atoms with van der Waals surface area (Å²) in [5, 5.41) is 7.50. The molecule has 0 radical (unpaired) electrons. The van der Waals surface area contributed by atoms with E-state index in [2.05, 4.69) is 19.7 Å². The average Bonchev–Trinajstić information content (AvgIpc) is 3.45. The third-order valence-electron chi connectivity index (χ3n) is 6.43. The van der Waals surface area contributed by atoms with Crippen LogP contribution in [-0.4, -0.2) is 38.7 Å². The lowest BCUT2D eigenvalue weighted by molar-refractivity contribution is -0.134. The van der Waals surface area contributed by atoms with Crippen LogP contribution in [0, 0.1) is 22.5 Å². The van der Waals surface area contributed by atoms with Crippen LogP contribution >= 0.6 is 12.2 Å². The molecule has 1 aliphatic heterocycles. The first kappa shape index (κ1) is 14.2. The first-order valence-electron chi connectivity index (χ1n) is 9.19. The molecular formula is C17H24N4OS. The molecule has 23 heavy (non-hydrogen) atoms. The molecule has 3 aliphatic carbocycles. The molecule has 1 amide bonds. The Morgan fingerprint density at radius 3 is 2.65 bits per heavy atom. The smallest absolute Gasteiger partial charge is 0.226 e. The topological polar surface area (TPSA) is 53.9 Å². The summed E-state index contributed by atoms with van der Waals surface area (Å²) in [7, 11) is 0. The molecule has 1 N–H and O–H groups in total. The summed E-state index contributed by atoms with van der Waals surface area (Å²) in [6.07, 6.45) is 8.51. The number of nitrogens with zero attached hydrogens (tertiary/aromatic N) is 3. The molecule has 3 unspecified atom stereocenters. The Labute approximate surface area is 141 Å². The minimum Gasteiger partial charge on any atom is -0.342 e. The van der Waals surface area contributed by atoms with Gasteiger partial charge in [0.15, 0.2) is 4.77 Å². The number of amides is 1. The number of rotatable bonds is 3. The molecule has 6 heteroatoms. The number of fused-ring (bicyclic) bond motifs is 1. The molecule has 1 aromatic heterocycles. The first-order chi connectivity index (χ1) is 11.2. The molecule has 2 heterocycles. The second-order valence-corrected chi connectivity index (χ2v) is 8.28. The van der Waals surface area contributed by atoms with E-state index in [4.69, 9.17) is 12.2 Å². The number of carbonyl (C=O) groups excluding carboxylic acids is 1. The number of piperidine rings is 1. The Morgan fingerprint density at radius 1 is 1.13 bits per heavy atom. The molecule has 5 nitrogen and oxygen atoms in total. The van der Waals surface area contributed by atoms with Crippen LogP contribution < -0.4 is 0 Å². The van der Waals surface area contributed by atoms with Crippen LogP contribution in [0.1, 0.15) is 62.7 Å². The highest BCUT2D eigenvalue weighted by Crippen LogP contribution is 2.58.